The van der Waals surface area contributed by atoms with E-state index < -0.39 is 0 Å². The number of amides is 1. The summed E-state index contributed by atoms with van der Waals surface area (Å²) >= 11 is 1.55. The third-order valence-corrected chi connectivity index (χ3v) is 6.81. The first-order valence-electron chi connectivity index (χ1n) is 10.1. The van der Waals surface area contributed by atoms with E-state index in [1.807, 2.05) is 47.4 Å². The van der Waals surface area contributed by atoms with Gasteiger partial charge < -0.3 is 0 Å². The number of nitriles is 1. The van der Waals surface area contributed by atoms with Gasteiger partial charge in [0.1, 0.15) is 5.03 Å². The van der Waals surface area contributed by atoms with Crippen molar-refractivity contribution in [1.82, 2.24) is 0 Å². The van der Waals surface area contributed by atoms with Crippen LogP contribution in [0, 0.1) is 17.2 Å². The van der Waals surface area contributed by atoms with Crippen LogP contribution in [0.25, 0.3) is 0 Å². The van der Waals surface area contributed by atoms with Crippen molar-refractivity contribution in [1.29, 1.82) is 5.26 Å². The second kappa shape index (κ2) is 8.24. The average Bonchev–Trinajstić information content (AvgIpc) is 3.12. The van der Waals surface area contributed by atoms with Crippen molar-refractivity contribution in [2.24, 2.45) is 5.92 Å². The predicted octanol–water partition coefficient (Wildman–Crippen LogP) is 6.24. The predicted molar refractivity (Wildman–Crippen MR) is 114 cm³/mol. The molecule has 0 spiro atoms. The van der Waals surface area contributed by atoms with Gasteiger partial charge in [-0.2, -0.15) is 5.26 Å². The van der Waals surface area contributed by atoms with Crippen LogP contribution in [-0.2, 0) is 4.79 Å². The van der Waals surface area contributed by atoms with Crippen LogP contribution in [0.15, 0.2) is 70.1 Å². The molecule has 0 saturated carbocycles. The molecule has 2 aromatic carbocycles. The van der Waals surface area contributed by atoms with Gasteiger partial charge in [0.2, 0.25) is 5.91 Å². The zero-order valence-electron chi connectivity index (χ0n) is 16.1. The molecule has 0 aromatic heterocycles. The van der Waals surface area contributed by atoms with Gasteiger partial charge in [0.05, 0.1) is 23.2 Å². The van der Waals surface area contributed by atoms with Crippen LogP contribution in [0.5, 0.6) is 0 Å². The van der Waals surface area contributed by atoms with Gasteiger partial charge in [0.25, 0.3) is 0 Å². The highest BCUT2D eigenvalue weighted by molar-refractivity contribution is 8.03. The number of benzene rings is 2. The zero-order valence-corrected chi connectivity index (χ0v) is 16.9. The van der Waals surface area contributed by atoms with E-state index >= 15 is 0 Å². The molecule has 0 aliphatic carbocycles. The van der Waals surface area contributed by atoms with Gasteiger partial charge in [-0.15, -0.1) is 0 Å². The normalized spacial score (nSPS) is 20.7. The molecular weight excluding hydrogens is 364 g/mol. The van der Waals surface area contributed by atoms with Crippen molar-refractivity contribution in [3.8, 4) is 6.07 Å². The number of nitrogens with zero attached hydrogens (tertiary/aromatic N) is 2. The molecule has 0 radical (unpaired) electrons. The van der Waals surface area contributed by atoms with Gasteiger partial charge in [-0.1, -0.05) is 86.8 Å². The van der Waals surface area contributed by atoms with Crippen molar-refractivity contribution >= 4 is 23.4 Å². The number of allylic oxidation sites excluding steroid dienone is 1. The molecule has 4 rings (SSSR count). The lowest BCUT2D eigenvalue weighted by Gasteiger charge is -2.36. The van der Waals surface area contributed by atoms with E-state index in [4.69, 9.17) is 0 Å². The Hall–Kier alpha value is -2.51. The molecule has 0 N–H and O–H groups in total. The van der Waals surface area contributed by atoms with Gasteiger partial charge in [0, 0.05) is 10.8 Å². The molecular formula is C24H24N2OS. The second-order valence-electron chi connectivity index (χ2n) is 7.42. The van der Waals surface area contributed by atoms with Crippen molar-refractivity contribution in [2.45, 2.75) is 49.8 Å². The van der Waals surface area contributed by atoms with Crippen LogP contribution in [0.1, 0.15) is 50.5 Å². The lowest BCUT2D eigenvalue weighted by Crippen LogP contribution is -2.41. The molecule has 0 bridgehead atoms. The topological polar surface area (TPSA) is 44.1 Å². The molecule has 0 fully saturated rings. The van der Waals surface area contributed by atoms with Crippen LogP contribution in [0.3, 0.4) is 0 Å². The number of fused-ring (bicyclic) bond motifs is 3. The molecule has 2 atom stereocenters. The highest BCUT2D eigenvalue weighted by Gasteiger charge is 2.46. The number of hydrogen-bond donors (Lipinski definition) is 0. The number of hydrogen-bond acceptors (Lipinski definition) is 3. The van der Waals surface area contributed by atoms with Gasteiger partial charge >= 0.3 is 0 Å². The lowest BCUT2D eigenvalue weighted by molar-refractivity contribution is -0.123. The SMILES string of the molecule is CCCCCC[C@H]1C(=O)N2C(=C(C#N)[C@H]1c1ccccc1)Sc1ccccc12. The average molecular weight is 389 g/mol. The van der Waals surface area contributed by atoms with E-state index in [2.05, 4.69) is 25.1 Å². The van der Waals surface area contributed by atoms with E-state index in [1.54, 1.807) is 11.8 Å². The Kier molecular flexibility index (Phi) is 5.54. The maximum absolute atomic E-state index is 13.6. The molecule has 4 heteroatoms. The number of unbranched alkanes of at least 4 members (excludes halogenated alkanes) is 3. The van der Waals surface area contributed by atoms with Crippen LogP contribution in [0.2, 0.25) is 0 Å². The summed E-state index contributed by atoms with van der Waals surface area (Å²) in [6.07, 6.45) is 5.33. The van der Waals surface area contributed by atoms with Crippen molar-refractivity contribution in [3.63, 3.8) is 0 Å². The van der Waals surface area contributed by atoms with E-state index in [1.165, 1.54) is 12.8 Å². The molecule has 142 valence electrons. The minimum Gasteiger partial charge on any atom is -0.274 e. The first kappa shape index (κ1) is 18.8. The summed E-state index contributed by atoms with van der Waals surface area (Å²) in [6, 6.07) is 20.5. The summed E-state index contributed by atoms with van der Waals surface area (Å²) in [6.45, 7) is 2.19. The first-order chi connectivity index (χ1) is 13.8. The standard InChI is InChI=1S/C24H24N2OS/c1-2-3-4-8-13-18-22(17-11-6-5-7-12-17)19(16-25)24-26(23(18)27)20-14-9-10-15-21(20)28-24/h5-7,9-12,14-15,18,22H,2-4,8,13H2,1H3/t18-,22+/m1/s1. The fraction of sp³-hybridized carbons (Fsp3) is 0.333. The summed E-state index contributed by atoms with van der Waals surface area (Å²) in [5.74, 6) is -0.213. The minimum atomic E-state index is -0.190. The molecule has 0 saturated heterocycles. The lowest BCUT2D eigenvalue weighted by atomic mass is 9.75. The van der Waals surface area contributed by atoms with Crippen LogP contribution >= 0.6 is 11.8 Å². The van der Waals surface area contributed by atoms with Crippen molar-refractivity contribution < 1.29 is 4.79 Å². The van der Waals surface area contributed by atoms with Crippen LogP contribution in [0.4, 0.5) is 5.69 Å². The summed E-state index contributed by atoms with van der Waals surface area (Å²) in [7, 11) is 0. The number of rotatable bonds is 6. The zero-order chi connectivity index (χ0) is 19.5. The van der Waals surface area contributed by atoms with Crippen LogP contribution in [-0.4, -0.2) is 5.91 Å². The smallest absolute Gasteiger partial charge is 0.236 e. The van der Waals surface area contributed by atoms with E-state index in [-0.39, 0.29) is 17.7 Å². The van der Waals surface area contributed by atoms with E-state index in [0.717, 1.165) is 46.0 Å². The molecule has 0 unspecified atom stereocenters. The highest BCUT2D eigenvalue weighted by Crippen LogP contribution is 2.54. The summed E-state index contributed by atoms with van der Waals surface area (Å²) in [4.78, 5) is 16.5. The Labute approximate surface area is 171 Å². The Morgan fingerprint density at radius 1 is 1.04 bits per heavy atom. The maximum Gasteiger partial charge on any atom is 0.236 e. The summed E-state index contributed by atoms with van der Waals surface area (Å²) in [5.41, 5.74) is 2.72. The fourth-order valence-electron chi connectivity index (χ4n) is 4.28. The van der Waals surface area contributed by atoms with Gasteiger partial charge in [-0.3, -0.25) is 9.69 Å². The van der Waals surface area contributed by atoms with Gasteiger partial charge in [-0.05, 0) is 24.1 Å². The number of thioether (sulfide) groups is 1. The number of para-hydroxylation sites is 1. The summed E-state index contributed by atoms with van der Waals surface area (Å²) in [5, 5.41) is 10.9. The molecule has 2 aromatic rings. The molecule has 2 aliphatic rings. The largest absolute Gasteiger partial charge is 0.274 e. The second-order valence-corrected chi connectivity index (χ2v) is 8.45. The number of carbonyl (C=O) groups excluding carboxylic acids is 1. The number of anilines is 1. The van der Waals surface area contributed by atoms with Gasteiger partial charge in [-0.25, -0.2) is 0 Å². The molecule has 28 heavy (non-hydrogen) atoms. The van der Waals surface area contributed by atoms with Crippen molar-refractivity contribution in [2.75, 3.05) is 4.90 Å². The fourth-order valence-corrected chi connectivity index (χ4v) is 5.46. The number of carbonyl (C=O) groups is 1. The minimum absolute atomic E-state index is 0.136. The molecule has 2 heterocycles. The summed E-state index contributed by atoms with van der Waals surface area (Å²) < 4.78 is 0. The Bertz CT molecular complexity index is 945. The first-order valence-corrected chi connectivity index (χ1v) is 10.9. The third kappa shape index (κ3) is 3.25. The van der Waals surface area contributed by atoms with Crippen LogP contribution < -0.4 is 4.90 Å². The Morgan fingerprint density at radius 2 is 1.79 bits per heavy atom. The quantitative estimate of drug-likeness (QED) is 0.550. The molecule has 2 aliphatic heterocycles. The Balaban J connectivity index is 1.79. The van der Waals surface area contributed by atoms with Crippen molar-refractivity contribution in [3.05, 3.63) is 70.8 Å². The molecule has 1 amide bonds. The molecule has 3 nitrogen and oxygen atoms in total. The van der Waals surface area contributed by atoms with E-state index in [0.29, 0.717) is 0 Å². The Morgan fingerprint density at radius 3 is 2.54 bits per heavy atom. The maximum atomic E-state index is 13.6. The van der Waals surface area contributed by atoms with Gasteiger partial charge in [0.15, 0.2) is 0 Å². The third-order valence-electron chi connectivity index (χ3n) is 5.65. The monoisotopic (exact) mass is 388 g/mol. The highest BCUT2D eigenvalue weighted by atomic mass is 32.2. The van der Waals surface area contributed by atoms with E-state index in [9.17, 15) is 10.1 Å².